The summed E-state index contributed by atoms with van der Waals surface area (Å²) < 4.78 is 28.2. The Morgan fingerprint density at radius 2 is 2.11 bits per heavy atom. The number of aromatic nitrogens is 1. The van der Waals surface area contributed by atoms with E-state index in [1.807, 2.05) is 13.8 Å². The molecule has 1 aromatic rings. The number of rotatable bonds is 7. The van der Waals surface area contributed by atoms with Gasteiger partial charge in [0.2, 0.25) is 0 Å². The number of nitrogens with zero attached hydrogens (tertiary/aromatic N) is 1. The van der Waals surface area contributed by atoms with E-state index in [2.05, 4.69) is 14.4 Å². The highest BCUT2D eigenvalue weighted by Crippen LogP contribution is 2.18. The molecule has 0 bridgehead atoms. The van der Waals surface area contributed by atoms with Crippen LogP contribution in [0, 0.1) is 5.92 Å². The van der Waals surface area contributed by atoms with Gasteiger partial charge in [-0.05, 0) is 12.8 Å². The standard InChI is InChI=1S/C10H17N3O4S2/c1-6(2)4-11-19(16,17)13-7(3)9-12-8(5-18-9)10(14)15/h5-7,11,13H,4H2,1-3H3,(H,14,15). The molecule has 0 radical (unpaired) electrons. The number of carboxylic acids is 1. The van der Waals surface area contributed by atoms with Crippen LogP contribution >= 0.6 is 11.3 Å². The molecule has 1 rings (SSSR count). The second kappa shape index (κ2) is 6.42. The van der Waals surface area contributed by atoms with Crippen LogP contribution in [-0.2, 0) is 10.2 Å². The molecule has 0 saturated heterocycles. The first-order chi connectivity index (χ1) is 8.71. The van der Waals surface area contributed by atoms with Gasteiger partial charge in [0.15, 0.2) is 5.69 Å². The van der Waals surface area contributed by atoms with Crippen molar-refractivity contribution in [2.75, 3.05) is 6.54 Å². The number of hydrogen-bond acceptors (Lipinski definition) is 5. The Hall–Kier alpha value is -1.03. The van der Waals surface area contributed by atoms with Crippen LogP contribution in [0.5, 0.6) is 0 Å². The summed E-state index contributed by atoms with van der Waals surface area (Å²) in [6.45, 7) is 5.73. The summed E-state index contributed by atoms with van der Waals surface area (Å²) >= 11 is 1.10. The Bertz CT molecular complexity index is 539. The molecule has 0 amide bonds. The van der Waals surface area contributed by atoms with Gasteiger partial charge in [-0.1, -0.05) is 13.8 Å². The van der Waals surface area contributed by atoms with E-state index < -0.39 is 22.2 Å². The highest BCUT2D eigenvalue weighted by molar-refractivity contribution is 7.87. The maximum absolute atomic E-state index is 11.7. The van der Waals surface area contributed by atoms with Crippen molar-refractivity contribution in [1.29, 1.82) is 0 Å². The number of carbonyl (C=O) groups is 1. The summed E-state index contributed by atoms with van der Waals surface area (Å²) in [7, 11) is -3.62. The van der Waals surface area contributed by atoms with Gasteiger partial charge in [0.25, 0.3) is 10.2 Å². The third-order valence-corrected chi connectivity index (χ3v) is 4.36. The van der Waals surface area contributed by atoms with Gasteiger partial charge < -0.3 is 5.11 Å². The first-order valence-electron chi connectivity index (χ1n) is 5.67. The van der Waals surface area contributed by atoms with Crippen LogP contribution in [-0.4, -0.2) is 31.0 Å². The lowest BCUT2D eigenvalue weighted by molar-refractivity contribution is 0.0691. The quantitative estimate of drug-likeness (QED) is 0.696. The van der Waals surface area contributed by atoms with Crippen LogP contribution in [0.4, 0.5) is 0 Å². The molecule has 0 saturated carbocycles. The van der Waals surface area contributed by atoms with Crippen LogP contribution in [0.15, 0.2) is 5.38 Å². The SMILES string of the molecule is CC(C)CNS(=O)(=O)NC(C)c1nc(C(=O)O)cs1. The summed E-state index contributed by atoms with van der Waals surface area (Å²) in [5, 5.41) is 10.5. The maximum atomic E-state index is 11.7. The van der Waals surface area contributed by atoms with Crippen LogP contribution in [0.3, 0.4) is 0 Å². The van der Waals surface area contributed by atoms with Crippen molar-refractivity contribution in [3.63, 3.8) is 0 Å². The van der Waals surface area contributed by atoms with E-state index in [1.165, 1.54) is 5.38 Å². The minimum absolute atomic E-state index is 0.0822. The number of thiazole rings is 1. The summed E-state index contributed by atoms with van der Waals surface area (Å²) in [6, 6.07) is -0.581. The third kappa shape index (κ3) is 5.23. The van der Waals surface area contributed by atoms with Gasteiger partial charge in [0.1, 0.15) is 5.01 Å². The fraction of sp³-hybridized carbons (Fsp3) is 0.600. The third-order valence-electron chi connectivity index (χ3n) is 2.13. The summed E-state index contributed by atoms with van der Waals surface area (Å²) in [6.07, 6.45) is 0. The molecular weight excluding hydrogens is 290 g/mol. The first-order valence-corrected chi connectivity index (χ1v) is 8.03. The topological polar surface area (TPSA) is 108 Å². The first kappa shape index (κ1) is 16.0. The van der Waals surface area contributed by atoms with E-state index in [1.54, 1.807) is 6.92 Å². The van der Waals surface area contributed by atoms with Gasteiger partial charge in [-0.2, -0.15) is 13.1 Å². The van der Waals surface area contributed by atoms with E-state index in [-0.39, 0.29) is 11.6 Å². The molecule has 0 aliphatic rings. The fourth-order valence-corrected chi connectivity index (χ4v) is 3.27. The van der Waals surface area contributed by atoms with Crippen LogP contribution in [0.2, 0.25) is 0 Å². The Kier molecular flexibility index (Phi) is 5.41. The molecule has 1 aromatic heterocycles. The molecule has 7 nitrogen and oxygen atoms in total. The van der Waals surface area contributed by atoms with Crippen molar-refractivity contribution in [3.8, 4) is 0 Å². The predicted octanol–water partition coefficient (Wildman–Crippen LogP) is 0.982. The lowest BCUT2D eigenvalue weighted by Crippen LogP contribution is -2.39. The Morgan fingerprint density at radius 3 is 2.58 bits per heavy atom. The molecule has 1 unspecified atom stereocenters. The zero-order chi connectivity index (χ0) is 14.6. The van der Waals surface area contributed by atoms with Gasteiger partial charge in [0, 0.05) is 11.9 Å². The molecule has 9 heteroatoms. The van der Waals surface area contributed by atoms with Gasteiger partial charge in [-0.3, -0.25) is 0 Å². The Balaban J connectivity index is 2.67. The minimum Gasteiger partial charge on any atom is -0.476 e. The van der Waals surface area contributed by atoms with Crippen molar-refractivity contribution in [3.05, 3.63) is 16.1 Å². The molecule has 1 atom stereocenters. The van der Waals surface area contributed by atoms with Crippen molar-refractivity contribution in [2.45, 2.75) is 26.8 Å². The molecule has 0 aliphatic carbocycles. The molecular formula is C10H17N3O4S2. The maximum Gasteiger partial charge on any atom is 0.355 e. The largest absolute Gasteiger partial charge is 0.476 e. The van der Waals surface area contributed by atoms with E-state index in [4.69, 9.17) is 5.11 Å². The molecule has 0 aromatic carbocycles. The predicted molar refractivity (Wildman–Crippen MR) is 72.4 cm³/mol. The summed E-state index contributed by atoms with van der Waals surface area (Å²) in [4.78, 5) is 14.5. The van der Waals surface area contributed by atoms with Crippen molar-refractivity contribution in [1.82, 2.24) is 14.4 Å². The highest BCUT2D eigenvalue weighted by Gasteiger charge is 2.19. The molecule has 108 valence electrons. The van der Waals surface area contributed by atoms with Crippen LogP contribution in [0.1, 0.15) is 42.3 Å². The lowest BCUT2D eigenvalue weighted by atomic mass is 10.2. The van der Waals surface area contributed by atoms with Gasteiger partial charge >= 0.3 is 5.97 Å². The normalized spacial score (nSPS) is 13.7. The van der Waals surface area contributed by atoms with E-state index >= 15 is 0 Å². The fourth-order valence-electron chi connectivity index (χ4n) is 1.19. The van der Waals surface area contributed by atoms with E-state index in [0.717, 1.165) is 11.3 Å². The lowest BCUT2D eigenvalue weighted by Gasteiger charge is -2.13. The molecule has 0 fully saturated rings. The molecule has 0 aliphatic heterocycles. The van der Waals surface area contributed by atoms with Crippen LogP contribution < -0.4 is 9.44 Å². The average molecular weight is 307 g/mol. The zero-order valence-corrected chi connectivity index (χ0v) is 12.5. The smallest absolute Gasteiger partial charge is 0.355 e. The minimum atomic E-state index is -3.62. The highest BCUT2D eigenvalue weighted by atomic mass is 32.2. The number of aromatic carboxylic acids is 1. The summed E-state index contributed by atoms with van der Waals surface area (Å²) in [5.74, 6) is -0.930. The van der Waals surface area contributed by atoms with Crippen molar-refractivity contribution < 1.29 is 18.3 Å². The zero-order valence-electron chi connectivity index (χ0n) is 10.9. The van der Waals surface area contributed by atoms with Crippen molar-refractivity contribution >= 4 is 27.5 Å². The van der Waals surface area contributed by atoms with Gasteiger partial charge in [-0.15, -0.1) is 11.3 Å². The summed E-state index contributed by atoms with van der Waals surface area (Å²) in [5.41, 5.74) is -0.0822. The van der Waals surface area contributed by atoms with Crippen LogP contribution in [0.25, 0.3) is 0 Å². The van der Waals surface area contributed by atoms with Gasteiger partial charge in [-0.25, -0.2) is 14.5 Å². The average Bonchev–Trinajstić information content (AvgIpc) is 2.75. The van der Waals surface area contributed by atoms with Gasteiger partial charge in [0.05, 0.1) is 6.04 Å². The molecule has 1 heterocycles. The molecule has 19 heavy (non-hydrogen) atoms. The monoisotopic (exact) mass is 307 g/mol. The molecule has 3 N–H and O–H groups in total. The second-order valence-electron chi connectivity index (χ2n) is 4.46. The van der Waals surface area contributed by atoms with E-state index in [9.17, 15) is 13.2 Å². The van der Waals surface area contributed by atoms with E-state index in [0.29, 0.717) is 11.6 Å². The number of nitrogens with one attached hydrogen (secondary N) is 2. The number of hydrogen-bond donors (Lipinski definition) is 3. The Morgan fingerprint density at radius 1 is 1.47 bits per heavy atom. The second-order valence-corrected chi connectivity index (χ2v) is 6.88. The number of carboxylic acid groups (broad SMARTS) is 1. The van der Waals surface area contributed by atoms with Crippen molar-refractivity contribution in [2.24, 2.45) is 5.92 Å². The molecule has 0 spiro atoms. The Labute approximate surface area is 116 Å².